The van der Waals surface area contributed by atoms with Gasteiger partial charge in [-0.3, -0.25) is 9.10 Å². The Labute approximate surface area is 170 Å². The van der Waals surface area contributed by atoms with Gasteiger partial charge in [0, 0.05) is 6.07 Å². The fourth-order valence-electron chi connectivity index (χ4n) is 3.13. The van der Waals surface area contributed by atoms with Crippen molar-refractivity contribution in [3.8, 4) is 0 Å². The Bertz CT molecular complexity index is 1010. The third kappa shape index (κ3) is 5.32. The molecule has 158 valence electrons. The standard InChI is InChI=1S/C21H26F2N2O3S/c1-6-20(16-8-7-13(2)14(3)11-16)24-21(26)15(4)25(29(5,27)28)17-9-10-18(22)19(23)12-17/h7-12,15,20H,6H2,1-5H3,(H,24,26)/t15-,20+/m1/s1. The van der Waals surface area contributed by atoms with E-state index in [1.807, 2.05) is 39.0 Å². The van der Waals surface area contributed by atoms with Crippen molar-refractivity contribution in [2.24, 2.45) is 0 Å². The van der Waals surface area contributed by atoms with E-state index in [0.717, 1.165) is 45.5 Å². The lowest BCUT2D eigenvalue weighted by Gasteiger charge is -2.30. The molecule has 29 heavy (non-hydrogen) atoms. The maximum Gasteiger partial charge on any atom is 0.244 e. The number of nitrogens with one attached hydrogen (secondary N) is 1. The molecule has 0 radical (unpaired) electrons. The summed E-state index contributed by atoms with van der Waals surface area (Å²) in [5, 5.41) is 2.86. The average molecular weight is 425 g/mol. The van der Waals surface area contributed by atoms with Crippen LogP contribution in [0.5, 0.6) is 0 Å². The number of nitrogens with zero attached hydrogens (tertiary/aromatic N) is 1. The summed E-state index contributed by atoms with van der Waals surface area (Å²) < 4.78 is 52.3. The number of aryl methyl sites for hydroxylation is 2. The molecular formula is C21H26F2N2O3S. The van der Waals surface area contributed by atoms with E-state index >= 15 is 0 Å². The first-order chi connectivity index (χ1) is 13.5. The van der Waals surface area contributed by atoms with Crippen molar-refractivity contribution in [1.29, 1.82) is 0 Å². The Morgan fingerprint density at radius 1 is 1.07 bits per heavy atom. The molecule has 0 aliphatic heterocycles. The number of benzene rings is 2. The first-order valence-corrected chi connectivity index (χ1v) is 11.1. The SMILES string of the molecule is CC[C@H](NC(=O)[C@@H](C)N(c1ccc(F)c(F)c1)S(C)(=O)=O)c1ccc(C)c(C)c1. The molecule has 0 aliphatic rings. The Morgan fingerprint density at radius 2 is 1.72 bits per heavy atom. The molecule has 2 aromatic rings. The molecule has 0 saturated heterocycles. The van der Waals surface area contributed by atoms with Crippen molar-refractivity contribution in [1.82, 2.24) is 5.32 Å². The normalized spacial score (nSPS) is 13.6. The third-order valence-corrected chi connectivity index (χ3v) is 6.15. The topological polar surface area (TPSA) is 66.5 Å². The Balaban J connectivity index is 2.32. The highest BCUT2D eigenvalue weighted by Crippen LogP contribution is 2.25. The number of amides is 1. The van der Waals surface area contributed by atoms with Crippen LogP contribution in [0.3, 0.4) is 0 Å². The summed E-state index contributed by atoms with van der Waals surface area (Å²) in [5.41, 5.74) is 3.01. The zero-order valence-electron chi connectivity index (χ0n) is 17.2. The van der Waals surface area contributed by atoms with E-state index in [9.17, 15) is 22.0 Å². The van der Waals surface area contributed by atoms with E-state index in [1.54, 1.807) is 0 Å². The van der Waals surface area contributed by atoms with Crippen LogP contribution < -0.4 is 9.62 Å². The van der Waals surface area contributed by atoms with Crippen molar-refractivity contribution in [2.45, 2.75) is 46.2 Å². The summed E-state index contributed by atoms with van der Waals surface area (Å²) in [5.74, 6) is -2.82. The van der Waals surface area contributed by atoms with Gasteiger partial charge in [0.05, 0.1) is 18.0 Å². The summed E-state index contributed by atoms with van der Waals surface area (Å²) in [6, 6.07) is 7.13. The number of anilines is 1. The van der Waals surface area contributed by atoms with Gasteiger partial charge in [0.2, 0.25) is 15.9 Å². The minimum atomic E-state index is -3.93. The highest BCUT2D eigenvalue weighted by atomic mass is 32.2. The van der Waals surface area contributed by atoms with Gasteiger partial charge in [0.15, 0.2) is 11.6 Å². The molecule has 1 amide bonds. The van der Waals surface area contributed by atoms with Crippen LogP contribution >= 0.6 is 0 Å². The summed E-state index contributed by atoms with van der Waals surface area (Å²) in [6.45, 7) is 7.29. The van der Waals surface area contributed by atoms with Crippen molar-refractivity contribution in [2.75, 3.05) is 10.6 Å². The first-order valence-electron chi connectivity index (χ1n) is 9.27. The first kappa shape index (κ1) is 22.8. The molecule has 2 aromatic carbocycles. The second-order valence-electron chi connectivity index (χ2n) is 7.15. The number of halogens is 2. The number of hydrogen-bond acceptors (Lipinski definition) is 3. The van der Waals surface area contributed by atoms with Crippen molar-refractivity contribution in [3.05, 3.63) is 64.7 Å². The van der Waals surface area contributed by atoms with Crippen molar-refractivity contribution >= 4 is 21.6 Å². The third-order valence-electron chi connectivity index (χ3n) is 4.90. The summed E-state index contributed by atoms with van der Waals surface area (Å²) in [4.78, 5) is 12.9. The van der Waals surface area contributed by atoms with Gasteiger partial charge in [-0.2, -0.15) is 0 Å². The van der Waals surface area contributed by atoms with E-state index in [1.165, 1.54) is 6.92 Å². The fourth-order valence-corrected chi connectivity index (χ4v) is 4.29. The van der Waals surface area contributed by atoms with Crippen LogP contribution in [0.15, 0.2) is 36.4 Å². The summed E-state index contributed by atoms with van der Waals surface area (Å²) in [6.07, 6.45) is 1.52. The zero-order chi connectivity index (χ0) is 21.9. The van der Waals surface area contributed by atoms with E-state index in [-0.39, 0.29) is 11.7 Å². The molecule has 0 aromatic heterocycles. The van der Waals surface area contributed by atoms with E-state index in [0.29, 0.717) is 6.42 Å². The van der Waals surface area contributed by atoms with Gasteiger partial charge in [-0.25, -0.2) is 17.2 Å². The van der Waals surface area contributed by atoms with Gasteiger partial charge in [0.25, 0.3) is 0 Å². The lowest BCUT2D eigenvalue weighted by atomic mass is 9.99. The van der Waals surface area contributed by atoms with Gasteiger partial charge in [-0.05, 0) is 56.0 Å². The minimum Gasteiger partial charge on any atom is -0.347 e. The predicted octanol–water partition coefficient (Wildman–Crippen LogP) is 4.00. The molecule has 0 saturated carbocycles. The van der Waals surface area contributed by atoms with Crippen LogP contribution in [-0.4, -0.2) is 26.6 Å². The molecule has 1 N–H and O–H groups in total. The Hall–Kier alpha value is -2.48. The molecule has 0 spiro atoms. The van der Waals surface area contributed by atoms with Crippen LogP contribution in [-0.2, 0) is 14.8 Å². The maximum atomic E-state index is 13.7. The molecule has 0 aliphatic carbocycles. The molecule has 0 fully saturated rings. The number of carbonyl (C=O) groups excluding carboxylic acids is 1. The van der Waals surface area contributed by atoms with Crippen molar-refractivity contribution < 1.29 is 22.0 Å². The van der Waals surface area contributed by atoms with Crippen LogP contribution in [0.1, 0.15) is 43.0 Å². The minimum absolute atomic E-state index is 0.117. The summed E-state index contributed by atoms with van der Waals surface area (Å²) >= 11 is 0. The van der Waals surface area contributed by atoms with Crippen LogP contribution in [0.4, 0.5) is 14.5 Å². The maximum absolute atomic E-state index is 13.7. The van der Waals surface area contributed by atoms with Gasteiger partial charge in [-0.15, -0.1) is 0 Å². The van der Waals surface area contributed by atoms with Crippen LogP contribution in [0.25, 0.3) is 0 Å². The second kappa shape index (κ2) is 8.90. The van der Waals surface area contributed by atoms with Crippen LogP contribution in [0.2, 0.25) is 0 Å². The molecule has 0 bridgehead atoms. The molecule has 5 nitrogen and oxygen atoms in total. The Kier molecular flexibility index (Phi) is 7.00. The smallest absolute Gasteiger partial charge is 0.244 e. The van der Waals surface area contributed by atoms with E-state index in [2.05, 4.69) is 5.32 Å². The van der Waals surface area contributed by atoms with Gasteiger partial charge in [0.1, 0.15) is 6.04 Å². The van der Waals surface area contributed by atoms with E-state index < -0.39 is 33.6 Å². The largest absolute Gasteiger partial charge is 0.347 e. The van der Waals surface area contributed by atoms with Crippen molar-refractivity contribution in [3.63, 3.8) is 0 Å². The predicted molar refractivity (Wildman–Crippen MR) is 110 cm³/mol. The summed E-state index contributed by atoms with van der Waals surface area (Å²) in [7, 11) is -3.93. The second-order valence-corrected chi connectivity index (χ2v) is 9.01. The molecule has 2 rings (SSSR count). The lowest BCUT2D eigenvalue weighted by molar-refractivity contribution is -0.122. The van der Waals surface area contributed by atoms with E-state index in [4.69, 9.17) is 0 Å². The Morgan fingerprint density at radius 3 is 2.24 bits per heavy atom. The van der Waals surface area contributed by atoms with Gasteiger partial charge >= 0.3 is 0 Å². The average Bonchev–Trinajstić information content (AvgIpc) is 2.63. The molecule has 2 atom stereocenters. The monoisotopic (exact) mass is 424 g/mol. The highest BCUT2D eigenvalue weighted by molar-refractivity contribution is 7.92. The lowest BCUT2D eigenvalue weighted by Crippen LogP contribution is -2.48. The fraction of sp³-hybridized carbons (Fsp3) is 0.381. The zero-order valence-corrected chi connectivity index (χ0v) is 18.0. The number of sulfonamides is 1. The molecule has 8 heteroatoms. The molecule has 0 heterocycles. The van der Waals surface area contributed by atoms with Gasteiger partial charge in [-0.1, -0.05) is 25.1 Å². The molecule has 0 unspecified atom stereocenters. The number of rotatable bonds is 7. The quantitative estimate of drug-likeness (QED) is 0.731. The number of carbonyl (C=O) groups is 1. The number of hydrogen-bond donors (Lipinski definition) is 1. The van der Waals surface area contributed by atoms with Crippen LogP contribution in [0, 0.1) is 25.5 Å². The van der Waals surface area contributed by atoms with Gasteiger partial charge < -0.3 is 5.32 Å². The molecular weight excluding hydrogens is 398 g/mol. The highest BCUT2D eigenvalue weighted by Gasteiger charge is 2.31.